The lowest BCUT2D eigenvalue weighted by atomic mass is 9.98. The first kappa shape index (κ1) is 15.9. The highest BCUT2D eigenvalue weighted by molar-refractivity contribution is 7.15. The van der Waals surface area contributed by atoms with E-state index in [1.165, 1.54) is 0 Å². The maximum atomic E-state index is 11.5. The van der Waals surface area contributed by atoms with Gasteiger partial charge >= 0.3 is 11.9 Å². The minimum absolute atomic E-state index is 0.0356. The number of carbonyl (C=O) groups is 2. The highest BCUT2D eigenvalue weighted by atomic mass is 32.1. The summed E-state index contributed by atoms with van der Waals surface area (Å²) in [5, 5.41) is 9.18. The number of thiophene rings is 1. The highest BCUT2D eigenvalue weighted by Crippen LogP contribution is 2.29. The maximum Gasteiger partial charge on any atom is 0.416 e. The van der Waals surface area contributed by atoms with Gasteiger partial charge in [-0.05, 0) is 20.8 Å². The predicted octanol–water partition coefficient (Wildman–Crippen LogP) is 2.90. The number of nitrogens with zero attached hydrogens (tertiary/aromatic N) is 1. The van der Waals surface area contributed by atoms with Crippen LogP contribution in [0.2, 0.25) is 0 Å². The van der Waals surface area contributed by atoms with Gasteiger partial charge in [-0.3, -0.25) is 0 Å². The summed E-state index contributed by atoms with van der Waals surface area (Å²) in [6, 6.07) is 1.56. The summed E-state index contributed by atoms with van der Waals surface area (Å²) in [6.45, 7) is 12.8. The molecular formula is C15H16NO3S+. The van der Waals surface area contributed by atoms with Gasteiger partial charge in [-0.2, -0.15) is 0 Å². The number of carboxylic acids is 1. The number of hydrogen-bond donors (Lipinski definition) is 1. The van der Waals surface area contributed by atoms with Gasteiger partial charge < -0.3 is 5.11 Å². The molecule has 0 aliphatic carbocycles. The van der Waals surface area contributed by atoms with Gasteiger partial charge in [0.2, 0.25) is 5.69 Å². The van der Waals surface area contributed by atoms with Gasteiger partial charge in [0.05, 0.1) is 4.88 Å². The normalized spacial score (nSPS) is 10.3. The molecule has 0 fully saturated rings. The third-order valence-corrected chi connectivity index (χ3v) is 3.23. The molecule has 1 N–H and O–H groups in total. The zero-order valence-corrected chi connectivity index (χ0v) is 12.5. The Labute approximate surface area is 122 Å². The van der Waals surface area contributed by atoms with Crippen LogP contribution in [0.15, 0.2) is 18.7 Å². The van der Waals surface area contributed by atoms with E-state index in [1.54, 1.807) is 6.07 Å². The molecule has 0 atom stereocenters. The summed E-state index contributed by atoms with van der Waals surface area (Å²) in [7, 11) is 0. The maximum absolute atomic E-state index is 11.5. The lowest BCUT2D eigenvalue weighted by Crippen LogP contribution is -2.12. The number of aromatic carboxylic acids is 1. The number of carboxylic acid groups (broad SMARTS) is 1. The molecule has 1 aromatic heterocycles. The smallest absolute Gasteiger partial charge is 0.416 e. The summed E-state index contributed by atoms with van der Waals surface area (Å²) >= 11 is 1.02. The van der Waals surface area contributed by atoms with Crippen molar-refractivity contribution in [2.45, 2.75) is 20.8 Å². The number of rotatable bonds is 3. The second kappa shape index (κ2) is 5.85. The first-order valence-electron chi connectivity index (χ1n) is 5.83. The molecule has 0 saturated carbocycles. The molecule has 0 saturated heterocycles. The molecule has 0 bridgehead atoms. The van der Waals surface area contributed by atoms with Gasteiger partial charge in [-0.1, -0.05) is 18.4 Å². The van der Waals surface area contributed by atoms with Crippen LogP contribution >= 0.6 is 11.3 Å². The third kappa shape index (κ3) is 3.90. The third-order valence-electron chi connectivity index (χ3n) is 2.20. The Hall–Kier alpha value is -2.19. The first-order chi connectivity index (χ1) is 9.15. The standard InChI is InChI=1S/C15H15NO3S/c1-6-12(17)16(5)11-9-10(7-8-15(2,3)4)20-13(11)14(18)19/h6,9H,1,5H2,2-4H3/p+1. The summed E-state index contributed by atoms with van der Waals surface area (Å²) in [4.78, 5) is 23.4. The van der Waals surface area contributed by atoms with Crippen LogP contribution in [-0.4, -0.2) is 28.3 Å². The minimum atomic E-state index is -1.11. The van der Waals surface area contributed by atoms with E-state index in [2.05, 4.69) is 25.1 Å². The van der Waals surface area contributed by atoms with Crippen LogP contribution in [0.4, 0.5) is 5.69 Å². The molecule has 4 nitrogen and oxygen atoms in total. The van der Waals surface area contributed by atoms with E-state index in [9.17, 15) is 14.7 Å². The fourth-order valence-corrected chi connectivity index (χ4v) is 2.13. The van der Waals surface area contributed by atoms with Gasteiger partial charge in [0.1, 0.15) is 6.72 Å². The number of amides is 1. The van der Waals surface area contributed by atoms with Gasteiger partial charge in [0.15, 0.2) is 4.88 Å². The lowest BCUT2D eigenvalue weighted by Gasteiger charge is -2.06. The van der Waals surface area contributed by atoms with Crippen molar-refractivity contribution in [2.75, 3.05) is 0 Å². The first-order valence-corrected chi connectivity index (χ1v) is 6.64. The lowest BCUT2D eigenvalue weighted by molar-refractivity contribution is -0.352. The predicted molar refractivity (Wildman–Crippen MR) is 79.9 cm³/mol. The van der Waals surface area contributed by atoms with Crippen LogP contribution in [0.5, 0.6) is 0 Å². The van der Waals surface area contributed by atoms with E-state index < -0.39 is 11.9 Å². The highest BCUT2D eigenvalue weighted by Gasteiger charge is 2.26. The Kier molecular flexibility index (Phi) is 4.64. The van der Waals surface area contributed by atoms with Crippen molar-refractivity contribution in [1.82, 2.24) is 0 Å². The molecule has 1 aromatic rings. The average Bonchev–Trinajstić information content (AvgIpc) is 2.78. The molecule has 0 aromatic carbocycles. The molecule has 5 heteroatoms. The van der Waals surface area contributed by atoms with Crippen LogP contribution in [0, 0.1) is 17.3 Å². The quantitative estimate of drug-likeness (QED) is 0.403. The van der Waals surface area contributed by atoms with Crippen LogP contribution < -0.4 is 0 Å². The molecule has 1 amide bonds. The topological polar surface area (TPSA) is 57.4 Å². The van der Waals surface area contributed by atoms with Gasteiger partial charge in [0.25, 0.3) is 0 Å². The molecule has 1 heterocycles. The largest absolute Gasteiger partial charge is 0.477 e. The molecule has 0 aliphatic heterocycles. The summed E-state index contributed by atoms with van der Waals surface area (Å²) in [5.74, 6) is 4.37. The zero-order valence-electron chi connectivity index (χ0n) is 11.7. The van der Waals surface area contributed by atoms with Crippen molar-refractivity contribution >= 4 is 35.6 Å². The van der Waals surface area contributed by atoms with Crippen LogP contribution in [0.3, 0.4) is 0 Å². The van der Waals surface area contributed by atoms with E-state index in [-0.39, 0.29) is 16.0 Å². The van der Waals surface area contributed by atoms with Crippen molar-refractivity contribution in [3.8, 4) is 11.8 Å². The number of hydrogen-bond acceptors (Lipinski definition) is 3. The van der Waals surface area contributed by atoms with Gasteiger partial charge in [-0.25, -0.2) is 9.59 Å². The van der Waals surface area contributed by atoms with Crippen molar-refractivity contribution in [2.24, 2.45) is 5.41 Å². The Morgan fingerprint density at radius 3 is 2.50 bits per heavy atom. The van der Waals surface area contributed by atoms with E-state index in [0.717, 1.165) is 22.0 Å². The fourth-order valence-electron chi connectivity index (χ4n) is 1.27. The van der Waals surface area contributed by atoms with E-state index in [0.29, 0.717) is 4.88 Å². The molecule has 0 radical (unpaired) electrons. The molecule has 20 heavy (non-hydrogen) atoms. The monoisotopic (exact) mass is 290 g/mol. The molecule has 1 rings (SSSR count). The van der Waals surface area contributed by atoms with Crippen LogP contribution in [0.1, 0.15) is 35.3 Å². The Morgan fingerprint density at radius 1 is 1.45 bits per heavy atom. The summed E-state index contributed by atoms with van der Waals surface area (Å²) < 4.78 is 1.01. The van der Waals surface area contributed by atoms with Gasteiger partial charge in [-0.15, -0.1) is 15.9 Å². The zero-order chi connectivity index (χ0) is 15.5. The van der Waals surface area contributed by atoms with Crippen molar-refractivity contribution in [1.29, 1.82) is 0 Å². The van der Waals surface area contributed by atoms with Crippen LogP contribution in [0.25, 0.3) is 0 Å². The molecule has 104 valence electrons. The average molecular weight is 290 g/mol. The van der Waals surface area contributed by atoms with Gasteiger partial charge in [0, 0.05) is 17.6 Å². The van der Waals surface area contributed by atoms with E-state index in [1.807, 2.05) is 20.8 Å². The molecule has 0 spiro atoms. The van der Waals surface area contributed by atoms with E-state index >= 15 is 0 Å². The number of carbonyl (C=O) groups excluding carboxylic acids is 1. The minimum Gasteiger partial charge on any atom is -0.477 e. The fraction of sp³-hybridized carbons (Fsp3) is 0.267. The SMILES string of the molecule is C=CC(=O)[N+](=C)c1cc(C#CC(C)(C)C)sc1C(=O)O. The Bertz CT molecular complexity index is 651. The Balaban J connectivity index is 3.31. The van der Waals surface area contributed by atoms with Crippen molar-refractivity contribution in [3.05, 3.63) is 28.5 Å². The second-order valence-corrected chi connectivity index (χ2v) is 6.15. The summed E-state index contributed by atoms with van der Waals surface area (Å²) in [5.41, 5.74) is 0.0415. The van der Waals surface area contributed by atoms with Crippen LogP contribution in [-0.2, 0) is 4.79 Å². The molecule has 0 unspecified atom stereocenters. The summed E-state index contributed by atoms with van der Waals surface area (Å²) in [6.07, 6.45) is 1.08. The van der Waals surface area contributed by atoms with E-state index in [4.69, 9.17) is 0 Å². The van der Waals surface area contributed by atoms with Crippen molar-refractivity contribution in [3.63, 3.8) is 0 Å². The Morgan fingerprint density at radius 2 is 2.05 bits per heavy atom. The molecular weight excluding hydrogens is 274 g/mol. The second-order valence-electron chi connectivity index (χ2n) is 5.10. The van der Waals surface area contributed by atoms with Crippen molar-refractivity contribution < 1.29 is 19.3 Å². The molecule has 0 aliphatic rings.